The molecule has 0 aliphatic carbocycles. The molecule has 5 nitrogen and oxygen atoms in total. The van der Waals surface area contributed by atoms with Crippen LogP contribution in [0.25, 0.3) is 0 Å². The smallest absolute Gasteiger partial charge is 0.314 e. The molecular formula is C11H20N2O3. The second kappa shape index (κ2) is 8.76. The summed E-state index contributed by atoms with van der Waals surface area (Å²) in [5.74, 6) is -0.844. The zero-order valence-electron chi connectivity index (χ0n) is 9.66. The first-order chi connectivity index (χ1) is 7.60. The van der Waals surface area contributed by atoms with Gasteiger partial charge >= 0.3 is 12.0 Å². The van der Waals surface area contributed by atoms with Gasteiger partial charge in [0.15, 0.2) is 0 Å². The number of aliphatic carboxylic acids is 1. The van der Waals surface area contributed by atoms with Crippen LogP contribution in [0.2, 0.25) is 0 Å². The number of amides is 2. The van der Waals surface area contributed by atoms with Gasteiger partial charge in [0.25, 0.3) is 0 Å². The molecule has 0 fully saturated rings. The molecule has 0 aliphatic heterocycles. The largest absolute Gasteiger partial charge is 0.481 e. The van der Waals surface area contributed by atoms with Crippen LogP contribution in [0.3, 0.4) is 0 Å². The standard InChI is InChI=1S/C11H20N2O3/c1-3-5-6-12-11(16)13-8-9(4-2)7-10(14)15/h3,9H,1,4-8H2,2H3,(H,14,15)(H2,12,13,16). The maximum absolute atomic E-state index is 11.2. The monoisotopic (exact) mass is 228 g/mol. The van der Waals surface area contributed by atoms with Crippen molar-refractivity contribution in [2.24, 2.45) is 5.92 Å². The summed E-state index contributed by atoms with van der Waals surface area (Å²) < 4.78 is 0. The van der Waals surface area contributed by atoms with Crippen LogP contribution in [0.15, 0.2) is 12.7 Å². The number of hydrogen-bond donors (Lipinski definition) is 3. The van der Waals surface area contributed by atoms with E-state index in [1.54, 1.807) is 6.08 Å². The summed E-state index contributed by atoms with van der Waals surface area (Å²) in [6.45, 7) is 6.39. The number of carboxylic acids is 1. The van der Waals surface area contributed by atoms with Gasteiger partial charge in [-0.25, -0.2) is 4.79 Å². The van der Waals surface area contributed by atoms with Crippen molar-refractivity contribution in [3.63, 3.8) is 0 Å². The van der Waals surface area contributed by atoms with Crippen molar-refractivity contribution in [3.05, 3.63) is 12.7 Å². The van der Waals surface area contributed by atoms with Gasteiger partial charge in [0.05, 0.1) is 0 Å². The fourth-order valence-electron chi connectivity index (χ4n) is 1.20. The van der Waals surface area contributed by atoms with Crippen molar-refractivity contribution in [1.82, 2.24) is 10.6 Å². The third kappa shape index (κ3) is 7.84. The van der Waals surface area contributed by atoms with Gasteiger partial charge in [-0.1, -0.05) is 19.4 Å². The lowest BCUT2D eigenvalue weighted by molar-refractivity contribution is -0.138. The fraction of sp³-hybridized carbons (Fsp3) is 0.636. The Labute approximate surface area is 95.9 Å². The number of carbonyl (C=O) groups is 2. The Morgan fingerprint density at radius 3 is 2.62 bits per heavy atom. The highest BCUT2D eigenvalue weighted by atomic mass is 16.4. The Morgan fingerprint density at radius 2 is 2.12 bits per heavy atom. The van der Waals surface area contributed by atoms with Crippen LogP contribution in [0.4, 0.5) is 4.79 Å². The van der Waals surface area contributed by atoms with Crippen molar-refractivity contribution < 1.29 is 14.7 Å². The van der Waals surface area contributed by atoms with Gasteiger partial charge in [0, 0.05) is 19.5 Å². The summed E-state index contributed by atoms with van der Waals surface area (Å²) in [5, 5.41) is 13.9. The second-order valence-electron chi connectivity index (χ2n) is 3.59. The van der Waals surface area contributed by atoms with E-state index in [2.05, 4.69) is 17.2 Å². The molecule has 1 atom stereocenters. The fourth-order valence-corrected chi connectivity index (χ4v) is 1.20. The van der Waals surface area contributed by atoms with Crippen molar-refractivity contribution in [1.29, 1.82) is 0 Å². The first-order valence-electron chi connectivity index (χ1n) is 5.44. The molecule has 0 bridgehead atoms. The van der Waals surface area contributed by atoms with Crippen molar-refractivity contribution >= 4 is 12.0 Å². The summed E-state index contributed by atoms with van der Waals surface area (Å²) in [4.78, 5) is 21.7. The summed E-state index contributed by atoms with van der Waals surface area (Å²) in [6.07, 6.45) is 3.27. The third-order valence-electron chi connectivity index (χ3n) is 2.23. The number of urea groups is 1. The lowest BCUT2D eigenvalue weighted by Crippen LogP contribution is -2.38. The molecule has 2 amide bonds. The zero-order valence-corrected chi connectivity index (χ0v) is 9.66. The van der Waals surface area contributed by atoms with E-state index >= 15 is 0 Å². The Bertz CT molecular complexity index is 241. The van der Waals surface area contributed by atoms with E-state index in [1.807, 2.05) is 6.92 Å². The minimum absolute atomic E-state index is 0.0114. The molecule has 5 heteroatoms. The van der Waals surface area contributed by atoms with Gasteiger partial charge in [-0.15, -0.1) is 6.58 Å². The van der Waals surface area contributed by atoms with Gasteiger partial charge in [0.2, 0.25) is 0 Å². The molecule has 0 aromatic carbocycles. The molecule has 0 aliphatic rings. The van der Waals surface area contributed by atoms with E-state index in [0.29, 0.717) is 13.1 Å². The van der Waals surface area contributed by atoms with Gasteiger partial charge in [-0.05, 0) is 12.3 Å². The molecule has 16 heavy (non-hydrogen) atoms. The molecule has 0 rings (SSSR count). The maximum Gasteiger partial charge on any atom is 0.314 e. The van der Waals surface area contributed by atoms with E-state index in [9.17, 15) is 9.59 Å². The summed E-state index contributed by atoms with van der Waals surface area (Å²) >= 11 is 0. The van der Waals surface area contributed by atoms with Crippen molar-refractivity contribution in [2.75, 3.05) is 13.1 Å². The number of nitrogens with one attached hydrogen (secondary N) is 2. The van der Waals surface area contributed by atoms with Crippen LogP contribution in [-0.4, -0.2) is 30.2 Å². The van der Waals surface area contributed by atoms with E-state index in [0.717, 1.165) is 12.8 Å². The quantitative estimate of drug-likeness (QED) is 0.433. The Hall–Kier alpha value is -1.52. The zero-order chi connectivity index (χ0) is 12.4. The first kappa shape index (κ1) is 14.5. The van der Waals surface area contributed by atoms with E-state index in [-0.39, 0.29) is 18.4 Å². The van der Waals surface area contributed by atoms with E-state index in [4.69, 9.17) is 5.11 Å². The molecule has 1 unspecified atom stereocenters. The molecule has 92 valence electrons. The van der Waals surface area contributed by atoms with Crippen molar-refractivity contribution in [2.45, 2.75) is 26.2 Å². The Kier molecular flexibility index (Phi) is 7.93. The van der Waals surface area contributed by atoms with Gasteiger partial charge in [-0.3, -0.25) is 4.79 Å². The normalized spacial score (nSPS) is 11.6. The SMILES string of the molecule is C=CCCNC(=O)NCC(CC)CC(=O)O. The molecule has 3 N–H and O–H groups in total. The molecule has 0 heterocycles. The summed E-state index contributed by atoms with van der Waals surface area (Å²) in [7, 11) is 0. The topological polar surface area (TPSA) is 78.4 Å². The van der Waals surface area contributed by atoms with E-state index in [1.165, 1.54) is 0 Å². The van der Waals surface area contributed by atoms with Gasteiger partial charge < -0.3 is 15.7 Å². The van der Waals surface area contributed by atoms with Gasteiger partial charge in [-0.2, -0.15) is 0 Å². The molecular weight excluding hydrogens is 208 g/mol. The average molecular weight is 228 g/mol. The molecule has 0 aromatic heterocycles. The Balaban J connectivity index is 3.70. The summed E-state index contributed by atoms with van der Waals surface area (Å²) in [6, 6.07) is -0.259. The van der Waals surface area contributed by atoms with Crippen LogP contribution in [-0.2, 0) is 4.79 Å². The van der Waals surface area contributed by atoms with Crippen LogP contribution in [0.1, 0.15) is 26.2 Å². The first-order valence-corrected chi connectivity index (χ1v) is 5.44. The molecule has 0 radical (unpaired) electrons. The Morgan fingerprint density at radius 1 is 1.44 bits per heavy atom. The average Bonchev–Trinajstić information content (AvgIpc) is 2.24. The molecule has 0 aromatic rings. The third-order valence-corrected chi connectivity index (χ3v) is 2.23. The summed E-state index contributed by atoms with van der Waals surface area (Å²) in [5.41, 5.74) is 0. The van der Waals surface area contributed by atoms with Gasteiger partial charge in [0.1, 0.15) is 0 Å². The molecule has 0 saturated carbocycles. The second-order valence-corrected chi connectivity index (χ2v) is 3.59. The minimum Gasteiger partial charge on any atom is -0.481 e. The highest BCUT2D eigenvalue weighted by Crippen LogP contribution is 2.06. The number of hydrogen-bond acceptors (Lipinski definition) is 2. The lowest BCUT2D eigenvalue weighted by Gasteiger charge is -2.13. The van der Waals surface area contributed by atoms with Crippen LogP contribution in [0, 0.1) is 5.92 Å². The van der Waals surface area contributed by atoms with Crippen LogP contribution in [0.5, 0.6) is 0 Å². The lowest BCUT2D eigenvalue weighted by atomic mass is 10.0. The number of carboxylic acid groups (broad SMARTS) is 1. The predicted molar refractivity (Wildman–Crippen MR) is 62.2 cm³/mol. The molecule has 0 spiro atoms. The molecule has 0 saturated heterocycles. The van der Waals surface area contributed by atoms with Crippen LogP contribution < -0.4 is 10.6 Å². The number of carbonyl (C=O) groups excluding carboxylic acids is 1. The minimum atomic E-state index is -0.833. The number of rotatable bonds is 8. The van der Waals surface area contributed by atoms with E-state index < -0.39 is 5.97 Å². The predicted octanol–water partition coefficient (Wildman–Crippen LogP) is 1.36. The van der Waals surface area contributed by atoms with Crippen LogP contribution >= 0.6 is 0 Å². The van der Waals surface area contributed by atoms with Crippen molar-refractivity contribution in [3.8, 4) is 0 Å². The highest BCUT2D eigenvalue weighted by Gasteiger charge is 2.11. The highest BCUT2D eigenvalue weighted by molar-refractivity contribution is 5.74. The maximum atomic E-state index is 11.2.